The Bertz CT molecular complexity index is 476. The van der Waals surface area contributed by atoms with Crippen LogP contribution in [0.4, 0.5) is 13.2 Å². The predicted molar refractivity (Wildman–Crippen MR) is 60.7 cm³/mol. The molecular formula is C10H15F3N2O3S. The maximum Gasteiger partial charge on any atom is 0.350 e. The van der Waals surface area contributed by atoms with E-state index >= 15 is 0 Å². The zero-order valence-electron chi connectivity index (χ0n) is 10.3. The van der Waals surface area contributed by atoms with E-state index in [-0.39, 0.29) is 13.1 Å². The molecule has 1 amide bonds. The number of halogens is 3. The molecule has 1 saturated carbocycles. The molecule has 5 nitrogen and oxygen atoms in total. The molecule has 1 saturated heterocycles. The molecule has 0 bridgehead atoms. The van der Waals surface area contributed by atoms with Crippen LogP contribution in [0.25, 0.3) is 0 Å². The predicted octanol–water partition coefficient (Wildman–Crippen LogP) is 0.477. The number of likely N-dealkylation sites (tertiary alicyclic amines) is 1. The van der Waals surface area contributed by atoms with Crippen molar-refractivity contribution in [2.24, 2.45) is 5.41 Å². The van der Waals surface area contributed by atoms with E-state index in [0.29, 0.717) is 12.8 Å². The highest BCUT2D eigenvalue weighted by Gasteiger charge is 2.57. The summed E-state index contributed by atoms with van der Waals surface area (Å²) in [6, 6.07) is -0.755. The van der Waals surface area contributed by atoms with Crippen molar-refractivity contribution in [3.8, 4) is 0 Å². The highest BCUT2D eigenvalue weighted by atomic mass is 32.2. The minimum atomic E-state index is -4.70. The molecule has 9 heteroatoms. The lowest BCUT2D eigenvalue weighted by atomic mass is 10.0. The van der Waals surface area contributed by atoms with Crippen molar-refractivity contribution >= 4 is 15.9 Å². The van der Waals surface area contributed by atoms with Crippen LogP contribution in [0.3, 0.4) is 0 Å². The normalized spacial score (nSPS) is 27.0. The molecule has 1 heterocycles. The Kier molecular flexibility index (Phi) is 3.54. The second-order valence-electron chi connectivity index (χ2n) is 5.17. The largest absolute Gasteiger partial charge is 0.350 e. The van der Waals surface area contributed by atoms with Gasteiger partial charge in [-0.1, -0.05) is 0 Å². The van der Waals surface area contributed by atoms with Crippen LogP contribution in [0.1, 0.15) is 19.8 Å². The summed E-state index contributed by atoms with van der Waals surface area (Å²) >= 11 is 0. The monoisotopic (exact) mass is 300 g/mol. The summed E-state index contributed by atoms with van der Waals surface area (Å²) in [6.45, 7) is 1.26. The molecule has 2 atom stereocenters. The standard InChI is InChI=1S/C10H15F3N2O3S/c1-6(11)8(16)15-4-7(10(5-15)2-3-10)14-19(17,18)9(12)13/h6-7,9,14H,2-5H2,1H3/t6-,7-/m1/s1. The number of hydrogen-bond donors (Lipinski definition) is 1. The van der Waals surface area contributed by atoms with Gasteiger partial charge in [0.05, 0.1) is 0 Å². The van der Waals surface area contributed by atoms with Gasteiger partial charge in [0.25, 0.3) is 15.9 Å². The molecule has 1 N–H and O–H groups in total. The van der Waals surface area contributed by atoms with E-state index in [1.807, 2.05) is 4.72 Å². The van der Waals surface area contributed by atoms with Gasteiger partial charge < -0.3 is 4.90 Å². The Labute approximate surface area is 109 Å². The van der Waals surface area contributed by atoms with Crippen LogP contribution in [0.15, 0.2) is 0 Å². The number of amides is 1. The van der Waals surface area contributed by atoms with E-state index in [1.165, 1.54) is 4.90 Å². The summed E-state index contributed by atoms with van der Waals surface area (Å²) < 4.78 is 61.9. The van der Waals surface area contributed by atoms with Gasteiger partial charge in [-0.2, -0.15) is 8.78 Å². The molecule has 1 spiro atoms. The van der Waals surface area contributed by atoms with Crippen molar-refractivity contribution in [1.29, 1.82) is 0 Å². The first kappa shape index (κ1) is 14.6. The molecule has 0 radical (unpaired) electrons. The summed E-state index contributed by atoms with van der Waals surface area (Å²) in [5, 5.41) is 0. The van der Waals surface area contributed by atoms with Gasteiger partial charge in [-0.3, -0.25) is 4.79 Å². The van der Waals surface area contributed by atoms with Crippen LogP contribution >= 0.6 is 0 Å². The van der Waals surface area contributed by atoms with Gasteiger partial charge >= 0.3 is 5.76 Å². The number of carbonyl (C=O) groups is 1. The Balaban J connectivity index is 2.09. The lowest BCUT2D eigenvalue weighted by molar-refractivity contribution is -0.135. The number of nitrogens with one attached hydrogen (secondary N) is 1. The van der Waals surface area contributed by atoms with Crippen LogP contribution in [-0.2, 0) is 14.8 Å². The average molecular weight is 300 g/mol. The number of hydrogen-bond acceptors (Lipinski definition) is 3. The van der Waals surface area contributed by atoms with Crippen molar-refractivity contribution in [2.75, 3.05) is 13.1 Å². The van der Waals surface area contributed by atoms with E-state index in [2.05, 4.69) is 0 Å². The van der Waals surface area contributed by atoms with E-state index in [4.69, 9.17) is 0 Å². The number of alkyl halides is 3. The molecule has 0 aromatic heterocycles. The number of rotatable bonds is 4. The van der Waals surface area contributed by atoms with Crippen LogP contribution in [0.5, 0.6) is 0 Å². The van der Waals surface area contributed by atoms with Crippen LogP contribution in [0.2, 0.25) is 0 Å². The fourth-order valence-electron chi connectivity index (χ4n) is 2.47. The van der Waals surface area contributed by atoms with Crippen molar-refractivity contribution in [3.63, 3.8) is 0 Å². The quantitative estimate of drug-likeness (QED) is 0.821. The third kappa shape index (κ3) is 2.71. The van der Waals surface area contributed by atoms with Gasteiger partial charge in [0.1, 0.15) is 0 Å². The highest BCUT2D eigenvalue weighted by molar-refractivity contribution is 7.89. The van der Waals surface area contributed by atoms with Crippen LogP contribution in [0, 0.1) is 5.41 Å². The zero-order chi connectivity index (χ0) is 14.4. The Hall–Kier alpha value is -0.830. The van der Waals surface area contributed by atoms with Crippen LogP contribution in [-0.4, -0.2) is 50.3 Å². The third-order valence-corrected chi connectivity index (χ3v) is 4.82. The maximum atomic E-state index is 13.0. The lowest BCUT2D eigenvalue weighted by Gasteiger charge is -2.18. The van der Waals surface area contributed by atoms with Gasteiger partial charge in [-0.15, -0.1) is 0 Å². The van der Waals surface area contributed by atoms with Crippen molar-refractivity contribution in [3.05, 3.63) is 0 Å². The molecular weight excluding hydrogens is 285 g/mol. The van der Waals surface area contributed by atoms with E-state index < -0.39 is 39.3 Å². The Morgan fingerprint density at radius 2 is 1.95 bits per heavy atom. The molecule has 1 aliphatic heterocycles. The smallest absolute Gasteiger partial charge is 0.338 e. The van der Waals surface area contributed by atoms with Gasteiger partial charge in [0, 0.05) is 24.5 Å². The number of carbonyl (C=O) groups excluding carboxylic acids is 1. The van der Waals surface area contributed by atoms with Crippen molar-refractivity contribution in [1.82, 2.24) is 9.62 Å². The summed E-state index contributed by atoms with van der Waals surface area (Å²) in [5.74, 6) is -4.24. The minimum Gasteiger partial charge on any atom is -0.338 e. The first-order valence-electron chi connectivity index (χ1n) is 5.90. The molecule has 0 aromatic carbocycles. The molecule has 1 aliphatic carbocycles. The van der Waals surface area contributed by atoms with Crippen LogP contribution < -0.4 is 4.72 Å². The second kappa shape index (κ2) is 4.62. The SMILES string of the molecule is C[C@@H](F)C(=O)N1C[C@@H](NS(=O)(=O)C(F)F)C2(CC2)C1. The molecule has 2 aliphatic rings. The first-order chi connectivity index (χ1) is 8.68. The molecule has 19 heavy (non-hydrogen) atoms. The van der Waals surface area contributed by atoms with E-state index in [1.54, 1.807) is 0 Å². The lowest BCUT2D eigenvalue weighted by Crippen LogP contribution is -2.44. The molecule has 2 rings (SSSR count). The minimum absolute atomic E-state index is 0.0565. The van der Waals surface area contributed by atoms with Gasteiger partial charge in [0.15, 0.2) is 6.17 Å². The Morgan fingerprint density at radius 3 is 2.37 bits per heavy atom. The van der Waals surface area contributed by atoms with Gasteiger partial charge in [-0.05, 0) is 19.8 Å². The molecule has 0 unspecified atom stereocenters. The fraction of sp³-hybridized carbons (Fsp3) is 0.900. The second-order valence-corrected chi connectivity index (χ2v) is 6.86. The number of sulfonamides is 1. The third-order valence-electron chi connectivity index (χ3n) is 3.73. The van der Waals surface area contributed by atoms with Gasteiger partial charge in [-0.25, -0.2) is 17.5 Å². The highest BCUT2D eigenvalue weighted by Crippen LogP contribution is 2.53. The average Bonchev–Trinajstić information content (AvgIpc) is 2.97. The summed E-state index contributed by atoms with van der Waals surface area (Å²) in [7, 11) is -4.70. The number of nitrogens with zero attached hydrogens (tertiary/aromatic N) is 1. The summed E-state index contributed by atoms with van der Waals surface area (Å²) in [4.78, 5) is 12.7. The van der Waals surface area contributed by atoms with E-state index in [9.17, 15) is 26.4 Å². The summed E-state index contributed by atoms with van der Waals surface area (Å²) in [5.41, 5.74) is -0.494. The molecule has 110 valence electrons. The summed E-state index contributed by atoms with van der Waals surface area (Å²) in [6.07, 6.45) is -0.386. The fourth-order valence-corrected chi connectivity index (χ4v) is 3.29. The van der Waals surface area contributed by atoms with E-state index in [0.717, 1.165) is 6.92 Å². The first-order valence-corrected chi connectivity index (χ1v) is 7.45. The van der Waals surface area contributed by atoms with Crippen molar-refractivity contribution in [2.45, 2.75) is 37.7 Å². The molecule has 0 aromatic rings. The molecule has 2 fully saturated rings. The topological polar surface area (TPSA) is 66.5 Å². The maximum absolute atomic E-state index is 13.0. The van der Waals surface area contributed by atoms with Crippen molar-refractivity contribution < 1.29 is 26.4 Å². The van der Waals surface area contributed by atoms with Gasteiger partial charge in [0.2, 0.25) is 0 Å². The zero-order valence-corrected chi connectivity index (χ0v) is 11.1. The Morgan fingerprint density at radius 1 is 1.37 bits per heavy atom.